The first-order valence-electron chi connectivity index (χ1n) is 8.40. The molecule has 2 aliphatic rings. The van der Waals surface area contributed by atoms with Crippen LogP contribution in [-0.2, 0) is 16.0 Å². The third-order valence-electron chi connectivity index (χ3n) is 5.03. The first-order chi connectivity index (χ1) is 11.5. The summed E-state index contributed by atoms with van der Waals surface area (Å²) in [5.74, 6) is -1.14. The van der Waals surface area contributed by atoms with Crippen LogP contribution in [0.3, 0.4) is 0 Å². The highest BCUT2D eigenvalue weighted by atomic mass is 16.4. The van der Waals surface area contributed by atoms with Gasteiger partial charge in [0, 0.05) is 30.8 Å². The summed E-state index contributed by atoms with van der Waals surface area (Å²) in [5.41, 5.74) is 2.51. The summed E-state index contributed by atoms with van der Waals surface area (Å²) in [7, 11) is 0. The van der Waals surface area contributed by atoms with Crippen LogP contribution < -0.4 is 10.2 Å². The van der Waals surface area contributed by atoms with E-state index in [9.17, 15) is 14.4 Å². The van der Waals surface area contributed by atoms with Gasteiger partial charge in [0.05, 0.1) is 5.92 Å². The molecule has 0 radical (unpaired) electrons. The van der Waals surface area contributed by atoms with Crippen molar-refractivity contribution in [3.05, 3.63) is 29.3 Å². The molecule has 1 aromatic carbocycles. The van der Waals surface area contributed by atoms with E-state index < -0.39 is 5.97 Å². The van der Waals surface area contributed by atoms with Gasteiger partial charge in [-0.1, -0.05) is 0 Å². The Morgan fingerprint density at radius 1 is 1.17 bits per heavy atom. The maximum absolute atomic E-state index is 12.4. The molecule has 2 N–H and O–H groups in total. The molecule has 1 saturated carbocycles. The molecular weight excluding hydrogens is 308 g/mol. The molecule has 2 amide bonds. The average Bonchev–Trinajstić information content (AvgIpc) is 2.98. The van der Waals surface area contributed by atoms with Gasteiger partial charge in [-0.05, 0) is 55.9 Å². The fourth-order valence-corrected chi connectivity index (χ4v) is 3.62. The number of carboxylic acid groups (broad SMARTS) is 1. The molecule has 1 aliphatic heterocycles. The van der Waals surface area contributed by atoms with Crippen molar-refractivity contribution in [2.24, 2.45) is 5.92 Å². The van der Waals surface area contributed by atoms with Crippen molar-refractivity contribution in [1.82, 2.24) is 5.32 Å². The smallest absolute Gasteiger partial charge is 0.306 e. The summed E-state index contributed by atoms with van der Waals surface area (Å²) in [6.07, 6.45) is 3.38. The number of amides is 2. The van der Waals surface area contributed by atoms with Gasteiger partial charge in [-0.2, -0.15) is 0 Å². The van der Waals surface area contributed by atoms with Crippen molar-refractivity contribution >= 4 is 23.5 Å². The van der Waals surface area contributed by atoms with Gasteiger partial charge in [0.15, 0.2) is 0 Å². The molecule has 0 unspecified atom stereocenters. The number of nitrogens with one attached hydrogen (secondary N) is 1. The lowest BCUT2D eigenvalue weighted by molar-refractivity contribution is -0.142. The highest BCUT2D eigenvalue weighted by Gasteiger charge is 2.27. The van der Waals surface area contributed by atoms with Crippen molar-refractivity contribution < 1.29 is 19.5 Å². The number of nitrogens with zero attached hydrogens (tertiary/aromatic N) is 1. The number of aliphatic carboxylic acids is 1. The van der Waals surface area contributed by atoms with Crippen LogP contribution in [-0.4, -0.2) is 35.5 Å². The van der Waals surface area contributed by atoms with E-state index in [1.165, 1.54) is 0 Å². The Labute approximate surface area is 140 Å². The Hall–Kier alpha value is -2.37. The van der Waals surface area contributed by atoms with Crippen LogP contribution in [0.15, 0.2) is 18.2 Å². The molecule has 0 saturated heterocycles. The highest BCUT2D eigenvalue weighted by Crippen LogP contribution is 2.29. The molecule has 0 bridgehead atoms. The second-order valence-corrected chi connectivity index (χ2v) is 6.62. The second kappa shape index (κ2) is 6.63. The lowest BCUT2D eigenvalue weighted by atomic mass is 9.86. The fraction of sp³-hybridized carbons (Fsp3) is 0.500. The van der Waals surface area contributed by atoms with Crippen LogP contribution in [0.2, 0.25) is 0 Å². The predicted molar refractivity (Wildman–Crippen MR) is 89.0 cm³/mol. The van der Waals surface area contributed by atoms with Crippen LogP contribution in [0.1, 0.15) is 48.5 Å². The molecule has 6 heteroatoms. The molecular formula is C18H22N2O4. The van der Waals surface area contributed by atoms with Crippen LogP contribution in [0.25, 0.3) is 0 Å². The Bertz CT molecular complexity index is 678. The first kappa shape index (κ1) is 16.5. The average molecular weight is 330 g/mol. The van der Waals surface area contributed by atoms with Crippen LogP contribution in [0.5, 0.6) is 0 Å². The van der Waals surface area contributed by atoms with Gasteiger partial charge in [0.25, 0.3) is 5.91 Å². The minimum absolute atomic E-state index is 0.0149. The van der Waals surface area contributed by atoms with E-state index in [4.69, 9.17) is 5.11 Å². The number of carbonyl (C=O) groups is 3. The van der Waals surface area contributed by atoms with E-state index in [1.54, 1.807) is 17.9 Å². The van der Waals surface area contributed by atoms with Gasteiger partial charge in [-0.15, -0.1) is 0 Å². The molecule has 0 atom stereocenters. The molecule has 0 aromatic heterocycles. The minimum Gasteiger partial charge on any atom is -0.481 e. The van der Waals surface area contributed by atoms with Gasteiger partial charge >= 0.3 is 5.97 Å². The number of benzene rings is 1. The standard InChI is InChI=1S/C18H22N2O4/c1-11(21)20-9-8-13-10-14(4-7-16(13)20)17(22)19-15-5-2-12(3-6-15)18(23)24/h4,7,10,12,15H,2-3,5-6,8-9H2,1H3,(H,19,22)(H,23,24). The van der Waals surface area contributed by atoms with Crippen molar-refractivity contribution in [2.75, 3.05) is 11.4 Å². The van der Waals surface area contributed by atoms with Crippen molar-refractivity contribution in [3.63, 3.8) is 0 Å². The van der Waals surface area contributed by atoms with Crippen LogP contribution in [0.4, 0.5) is 5.69 Å². The Balaban J connectivity index is 1.63. The zero-order chi connectivity index (χ0) is 17.3. The zero-order valence-electron chi connectivity index (χ0n) is 13.7. The summed E-state index contributed by atoms with van der Waals surface area (Å²) in [6, 6.07) is 5.48. The summed E-state index contributed by atoms with van der Waals surface area (Å²) < 4.78 is 0. The predicted octanol–water partition coefficient (Wildman–Crippen LogP) is 1.97. The topological polar surface area (TPSA) is 86.7 Å². The Morgan fingerprint density at radius 3 is 2.50 bits per heavy atom. The summed E-state index contributed by atoms with van der Waals surface area (Å²) in [4.78, 5) is 36.7. The number of anilines is 1. The van der Waals surface area contributed by atoms with Crippen molar-refractivity contribution in [1.29, 1.82) is 0 Å². The normalized spacial score (nSPS) is 22.8. The Kier molecular flexibility index (Phi) is 4.55. The molecule has 24 heavy (non-hydrogen) atoms. The number of hydrogen-bond acceptors (Lipinski definition) is 3. The molecule has 0 spiro atoms. The number of carboxylic acids is 1. The molecule has 1 aliphatic carbocycles. The molecule has 3 rings (SSSR count). The number of rotatable bonds is 3. The molecule has 1 fully saturated rings. The van der Waals surface area contributed by atoms with Crippen LogP contribution in [0, 0.1) is 5.92 Å². The SMILES string of the molecule is CC(=O)N1CCc2cc(C(=O)NC3CCC(C(=O)O)CC3)ccc21. The molecule has 128 valence electrons. The largest absolute Gasteiger partial charge is 0.481 e. The van der Waals surface area contributed by atoms with E-state index in [1.807, 2.05) is 12.1 Å². The number of carbonyl (C=O) groups excluding carboxylic acids is 2. The van der Waals surface area contributed by atoms with Gasteiger partial charge in [0.1, 0.15) is 0 Å². The fourth-order valence-electron chi connectivity index (χ4n) is 3.62. The van der Waals surface area contributed by atoms with E-state index >= 15 is 0 Å². The number of hydrogen-bond donors (Lipinski definition) is 2. The summed E-state index contributed by atoms with van der Waals surface area (Å²) in [5, 5.41) is 12.0. The monoisotopic (exact) mass is 330 g/mol. The van der Waals surface area contributed by atoms with Gasteiger partial charge in [-0.3, -0.25) is 14.4 Å². The third-order valence-corrected chi connectivity index (χ3v) is 5.03. The number of fused-ring (bicyclic) bond motifs is 1. The quantitative estimate of drug-likeness (QED) is 0.887. The van der Waals surface area contributed by atoms with Crippen molar-refractivity contribution in [2.45, 2.75) is 45.1 Å². The zero-order valence-corrected chi connectivity index (χ0v) is 13.7. The Morgan fingerprint density at radius 2 is 1.88 bits per heavy atom. The maximum atomic E-state index is 12.4. The van der Waals surface area contributed by atoms with E-state index in [-0.39, 0.29) is 23.8 Å². The van der Waals surface area contributed by atoms with Crippen molar-refractivity contribution in [3.8, 4) is 0 Å². The lowest BCUT2D eigenvalue weighted by Crippen LogP contribution is -2.38. The lowest BCUT2D eigenvalue weighted by Gasteiger charge is -2.26. The van der Waals surface area contributed by atoms with Crippen LogP contribution >= 0.6 is 0 Å². The first-order valence-corrected chi connectivity index (χ1v) is 8.40. The summed E-state index contributed by atoms with van der Waals surface area (Å²) in [6.45, 7) is 2.21. The second-order valence-electron chi connectivity index (χ2n) is 6.62. The molecule has 1 heterocycles. The summed E-state index contributed by atoms with van der Waals surface area (Å²) >= 11 is 0. The third kappa shape index (κ3) is 3.27. The van der Waals surface area contributed by atoms with E-state index in [0.29, 0.717) is 37.8 Å². The van der Waals surface area contributed by atoms with E-state index in [2.05, 4.69) is 5.32 Å². The van der Waals surface area contributed by atoms with Gasteiger partial charge in [-0.25, -0.2) is 0 Å². The van der Waals surface area contributed by atoms with Gasteiger partial charge < -0.3 is 15.3 Å². The molecule has 1 aromatic rings. The van der Waals surface area contributed by atoms with E-state index in [0.717, 1.165) is 17.7 Å². The minimum atomic E-state index is -0.742. The highest BCUT2D eigenvalue weighted by molar-refractivity contribution is 5.98. The van der Waals surface area contributed by atoms with Gasteiger partial charge in [0.2, 0.25) is 5.91 Å². The molecule has 6 nitrogen and oxygen atoms in total. The maximum Gasteiger partial charge on any atom is 0.306 e.